The first kappa shape index (κ1) is 15.0. The molecule has 8 heteroatoms. The van der Waals surface area contributed by atoms with E-state index in [1.54, 1.807) is 48.6 Å². The highest BCUT2D eigenvalue weighted by Crippen LogP contribution is 2.35. The van der Waals surface area contributed by atoms with Gasteiger partial charge in [0.25, 0.3) is 0 Å². The first-order valence-electron chi connectivity index (χ1n) is 8.97. The van der Waals surface area contributed by atoms with Gasteiger partial charge in [0, 0.05) is 18.5 Å². The van der Waals surface area contributed by atoms with Crippen molar-refractivity contribution in [1.82, 2.24) is 29.9 Å². The highest BCUT2D eigenvalue weighted by atomic mass is 16.5. The SMILES string of the molecule is [2H]c1nc(-c2ccco2)c(-c2ccncc2)c(-n2nnc3cc(OC)ccc32)n1. The van der Waals surface area contributed by atoms with Crippen LogP contribution in [0.1, 0.15) is 1.37 Å². The molecule has 4 aromatic heterocycles. The van der Waals surface area contributed by atoms with Gasteiger partial charge in [0.15, 0.2) is 11.6 Å². The maximum Gasteiger partial charge on any atom is 0.167 e. The molecule has 0 aliphatic heterocycles. The van der Waals surface area contributed by atoms with E-state index in [4.69, 9.17) is 10.5 Å². The van der Waals surface area contributed by atoms with Crippen molar-refractivity contribution in [3.63, 3.8) is 0 Å². The van der Waals surface area contributed by atoms with Crippen LogP contribution in [0.5, 0.6) is 5.75 Å². The molecule has 0 radical (unpaired) electrons. The van der Waals surface area contributed by atoms with Crippen LogP contribution in [0.25, 0.3) is 39.4 Å². The Hall–Kier alpha value is -4.07. The molecule has 0 unspecified atom stereocenters. The molecular formula is C20H14N6O2. The highest BCUT2D eigenvalue weighted by molar-refractivity contribution is 5.86. The van der Waals surface area contributed by atoms with Crippen LogP contribution >= 0.6 is 0 Å². The maximum absolute atomic E-state index is 8.15. The number of furan rings is 1. The standard InChI is InChI=1S/C20H14N6O2/c1-27-14-4-5-16-15(11-14)24-25-26(16)20-18(13-6-8-21-9-7-13)19(22-12-23-20)17-3-2-10-28-17/h2-12H,1H3/i12D. The summed E-state index contributed by atoms with van der Waals surface area (Å²) in [5.41, 5.74) is 3.35. The average Bonchev–Trinajstić information content (AvgIpc) is 3.43. The molecule has 1 aromatic carbocycles. The van der Waals surface area contributed by atoms with E-state index < -0.39 is 0 Å². The number of hydrogen-bond acceptors (Lipinski definition) is 7. The minimum absolute atomic E-state index is 0.152. The number of aromatic nitrogens is 6. The molecule has 0 atom stereocenters. The summed E-state index contributed by atoms with van der Waals surface area (Å²) in [5.74, 6) is 1.63. The van der Waals surface area contributed by atoms with E-state index >= 15 is 0 Å². The molecule has 0 aliphatic rings. The number of fused-ring (bicyclic) bond motifs is 1. The lowest BCUT2D eigenvalue weighted by molar-refractivity contribution is 0.415. The molecule has 0 saturated heterocycles. The summed E-state index contributed by atoms with van der Waals surface area (Å²) in [6, 6.07) is 12.7. The van der Waals surface area contributed by atoms with Gasteiger partial charge in [-0.25, -0.2) is 9.97 Å². The fourth-order valence-corrected chi connectivity index (χ4v) is 3.06. The largest absolute Gasteiger partial charge is 0.497 e. The molecule has 28 heavy (non-hydrogen) atoms. The lowest BCUT2D eigenvalue weighted by atomic mass is 10.0. The lowest BCUT2D eigenvalue weighted by Crippen LogP contribution is -2.05. The molecule has 0 fully saturated rings. The van der Waals surface area contributed by atoms with E-state index in [9.17, 15) is 0 Å². The molecule has 0 N–H and O–H groups in total. The zero-order valence-corrected chi connectivity index (χ0v) is 14.8. The maximum atomic E-state index is 8.15. The van der Waals surface area contributed by atoms with Gasteiger partial charge in [-0.05, 0) is 42.0 Å². The van der Waals surface area contributed by atoms with Gasteiger partial charge in [-0.2, -0.15) is 4.68 Å². The number of nitrogens with zero attached hydrogens (tertiary/aromatic N) is 6. The number of methoxy groups -OCH3 is 1. The van der Waals surface area contributed by atoms with Crippen LogP contribution in [0.15, 0.2) is 71.8 Å². The number of rotatable bonds is 4. The Morgan fingerprint density at radius 3 is 2.79 bits per heavy atom. The molecular weight excluding hydrogens is 356 g/mol. The van der Waals surface area contributed by atoms with Crippen molar-refractivity contribution < 1.29 is 10.5 Å². The molecule has 4 heterocycles. The van der Waals surface area contributed by atoms with Crippen LogP contribution in [0.3, 0.4) is 0 Å². The Bertz CT molecular complexity index is 1300. The minimum Gasteiger partial charge on any atom is -0.497 e. The topological polar surface area (TPSA) is 91.8 Å². The predicted octanol–water partition coefficient (Wildman–Crippen LogP) is 3.54. The second kappa shape index (κ2) is 6.58. The number of benzene rings is 1. The normalized spacial score (nSPS) is 11.5. The van der Waals surface area contributed by atoms with Crippen LogP contribution in [0.4, 0.5) is 0 Å². The second-order valence-corrected chi connectivity index (χ2v) is 5.94. The van der Waals surface area contributed by atoms with E-state index in [1.165, 1.54) is 0 Å². The molecule has 5 aromatic rings. The molecule has 0 bridgehead atoms. The van der Waals surface area contributed by atoms with Crippen molar-refractivity contribution in [2.45, 2.75) is 0 Å². The summed E-state index contributed by atoms with van der Waals surface area (Å²) in [6.45, 7) is 0. The van der Waals surface area contributed by atoms with Gasteiger partial charge in [-0.3, -0.25) is 4.98 Å². The summed E-state index contributed by atoms with van der Waals surface area (Å²) in [4.78, 5) is 12.8. The van der Waals surface area contributed by atoms with Gasteiger partial charge >= 0.3 is 0 Å². The summed E-state index contributed by atoms with van der Waals surface area (Å²) >= 11 is 0. The molecule has 0 aliphatic carbocycles. The van der Waals surface area contributed by atoms with Crippen LogP contribution in [0.2, 0.25) is 0 Å². The fourth-order valence-electron chi connectivity index (χ4n) is 3.06. The van der Waals surface area contributed by atoms with Crippen molar-refractivity contribution >= 4 is 11.0 Å². The van der Waals surface area contributed by atoms with Crippen molar-refractivity contribution in [3.05, 3.63) is 67.4 Å². The minimum atomic E-state index is -0.152. The zero-order valence-electron chi connectivity index (χ0n) is 15.8. The van der Waals surface area contributed by atoms with E-state index in [0.717, 1.165) is 11.1 Å². The van der Waals surface area contributed by atoms with E-state index in [2.05, 4.69) is 25.3 Å². The van der Waals surface area contributed by atoms with Gasteiger partial charge in [-0.15, -0.1) is 5.10 Å². The van der Waals surface area contributed by atoms with Crippen LogP contribution < -0.4 is 4.74 Å². The van der Waals surface area contributed by atoms with Gasteiger partial charge in [-0.1, -0.05) is 5.21 Å². The first-order chi connectivity index (χ1) is 14.2. The van der Waals surface area contributed by atoms with Crippen LogP contribution in [-0.4, -0.2) is 37.1 Å². The van der Waals surface area contributed by atoms with Gasteiger partial charge in [0.2, 0.25) is 0 Å². The molecule has 0 saturated carbocycles. The molecule has 8 nitrogen and oxygen atoms in total. The Labute approximate surface area is 160 Å². The van der Waals surface area contributed by atoms with Crippen molar-refractivity contribution in [2.75, 3.05) is 7.11 Å². The first-order valence-corrected chi connectivity index (χ1v) is 8.47. The van der Waals surface area contributed by atoms with Crippen LogP contribution in [0, 0.1) is 0 Å². The van der Waals surface area contributed by atoms with E-state index in [1.807, 2.05) is 24.3 Å². The van der Waals surface area contributed by atoms with Crippen LogP contribution in [-0.2, 0) is 0 Å². The van der Waals surface area contributed by atoms with Gasteiger partial charge < -0.3 is 9.15 Å². The lowest BCUT2D eigenvalue weighted by Gasteiger charge is -2.12. The van der Waals surface area contributed by atoms with Gasteiger partial charge in [0.1, 0.15) is 24.6 Å². The molecule has 136 valence electrons. The monoisotopic (exact) mass is 371 g/mol. The average molecular weight is 371 g/mol. The number of pyridine rings is 1. The molecule has 5 rings (SSSR count). The summed E-state index contributed by atoms with van der Waals surface area (Å²) in [7, 11) is 1.60. The Morgan fingerprint density at radius 2 is 2.00 bits per heavy atom. The summed E-state index contributed by atoms with van der Waals surface area (Å²) in [5, 5.41) is 8.52. The predicted molar refractivity (Wildman–Crippen MR) is 102 cm³/mol. The third-order valence-corrected chi connectivity index (χ3v) is 4.35. The van der Waals surface area contributed by atoms with Gasteiger partial charge in [0.05, 0.1) is 24.5 Å². The highest BCUT2D eigenvalue weighted by Gasteiger charge is 2.20. The molecule has 0 spiro atoms. The Balaban J connectivity index is 1.84. The van der Waals surface area contributed by atoms with Crippen molar-refractivity contribution in [2.24, 2.45) is 0 Å². The number of ether oxygens (including phenoxy) is 1. The smallest absolute Gasteiger partial charge is 0.167 e. The van der Waals surface area contributed by atoms with E-state index in [-0.39, 0.29) is 6.30 Å². The number of hydrogen-bond donors (Lipinski definition) is 0. The van der Waals surface area contributed by atoms with Crippen molar-refractivity contribution in [1.29, 1.82) is 0 Å². The van der Waals surface area contributed by atoms with E-state index in [0.29, 0.717) is 34.1 Å². The summed E-state index contributed by atoms with van der Waals surface area (Å²) < 4.78 is 20.6. The fraction of sp³-hybridized carbons (Fsp3) is 0.0500. The Kier molecular flexibility index (Phi) is 3.53. The van der Waals surface area contributed by atoms with Crippen molar-refractivity contribution in [3.8, 4) is 34.1 Å². The second-order valence-electron chi connectivity index (χ2n) is 5.94. The molecule has 0 amide bonds. The summed E-state index contributed by atoms with van der Waals surface area (Å²) in [6.07, 6.45) is 4.78. The third kappa shape index (κ3) is 2.59. The zero-order chi connectivity index (χ0) is 19.8. The quantitative estimate of drug-likeness (QED) is 0.477. The third-order valence-electron chi connectivity index (χ3n) is 4.35. The Morgan fingerprint density at radius 1 is 1.11 bits per heavy atom.